The Morgan fingerprint density at radius 3 is 2.70 bits per heavy atom. The highest BCUT2D eigenvalue weighted by Gasteiger charge is 2.13. The molecule has 0 amide bonds. The van der Waals surface area contributed by atoms with Gasteiger partial charge in [-0.25, -0.2) is 4.98 Å². The molecule has 1 aliphatic rings. The van der Waals surface area contributed by atoms with E-state index in [1.165, 1.54) is 5.56 Å². The summed E-state index contributed by atoms with van der Waals surface area (Å²) >= 11 is 0. The summed E-state index contributed by atoms with van der Waals surface area (Å²) < 4.78 is 10.8. The van der Waals surface area contributed by atoms with Gasteiger partial charge in [0.1, 0.15) is 5.82 Å². The van der Waals surface area contributed by atoms with Gasteiger partial charge < -0.3 is 20.1 Å². The molecule has 3 aromatic rings. The summed E-state index contributed by atoms with van der Waals surface area (Å²) in [5, 5.41) is 6.62. The number of hydrogen-bond acceptors (Lipinski definition) is 6. The fourth-order valence-electron chi connectivity index (χ4n) is 2.97. The van der Waals surface area contributed by atoms with Crippen LogP contribution in [0.4, 0.5) is 17.5 Å². The maximum atomic E-state index is 5.42. The summed E-state index contributed by atoms with van der Waals surface area (Å²) in [5.74, 6) is 2.88. The van der Waals surface area contributed by atoms with E-state index in [1.807, 2.05) is 37.3 Å². The molecule has 0 spiro atoms. The minimum atomic E-state index is 0.266. The first-order chi connectivity index (χ1) is 13.3. The van der Waals surface area contributed by atoms with Crippen molar-refractivity contribution in [2.24, 2.45) is 0 Å². The van der Waals surface area contributed by atoms with Crippen LogP contribution in [-0.2, 0) is 6.42 Å². The van der Waals surface area contributed by atoms with Gasteiger partial charge in [-0.2, -0.15) is 4.98 Å². The van der Waals surface area contributed by atoms with Gasteiger partial charge in [0.15, 0.2) is 11.5 Å². The molecule has 2 aromatic carbocycles. The lowest BCUT2D eigenvalue weighted by Gasteiger charge is -2.10. The molecule has 138 valence electrons. The van der Waals surface area contributed by atoms with Crippen LogP contribution in [0.25, 0.3) is 0 Å². The lowest BCUT2D eigenvalue weighted by molar-refractivity contribution is 0.174. The molecule has 2 N–H and O–H groups in total. The molecule has 4 rings (SSSR count). The Balaban J connectivity index is 1.36. The number of aromatic nitrogens is 2. The van der Waals surface area contributed by atoms with Crippen molar-refractivity contribution in [2.75, 3.05) is 24.0 Å². The van der Waals surface area contributed by atoms with E-state index in [9.17, 15) is 0 Å². The first kappa shape index (κ1) is 17.1. The van der Waals surface area contributed by atoms with E-state index in [0.29, 0.717) is 5.95 Å². The topological polar surface area (TPSA) is 68.3 Å². The molecule has 2 heterocycles. The zero-order valence-electron chi connectivity index (χ0n) is 15.2. The Bertz CT molecular complexity index is 915. The van der Waals surface area contributed by atoms with Crippen molar-refractivity contribution in [3.05, 3.63) is 65.9 Å². The highest BCUT2D eigenvalue weighted by molar-refractivity contribution is 5.62. The number of hydrogen-bond donors (Lipinski definition) is 2. The van der Waals surface area contributed by atoms with Crippen LogP contribution in [0.1, 0.15) is 17.7 Å². The quantitative estimate of drug-likeness (QED) is 0.611. The van der Waals surface area contributed by atoms with Crippen molar-refractivity contribution in [3.63, 3.8) is 0 Å². The summed E-state index contributed by atoms with van der Waals surface area (Å²) in [6, 6.07) is 18.1. The first-order valence-corrected chi connectivity index (χ1v) is 9.06. The second-order valence-electron chi connectivity index (χ2n) is 6.43. The van der Waals surface area contributed by atoms with Crippen LogP contribution in [0.3, 0.4) is 0 Å². The van der Waals surface area contributed by atoms with E-state index in [1.54, 1.807) is 0 Å². The van der Waals surface area contributed by atoms with Crippen LogP contribution in [0.2, 0.25) is 0 Å². The molecule has 0 bridgehead atoms. The fraction of sp³-hybridized carbons (Fsp3) is 0.238. The molecule has 0 unspecified atom stereocenters. The predicted molar refractivity (Wildman–Crippen MR) is 106 cm³/mol. The summed E-state index contributed by atoms with van der Waals surface area (Å²) in [7, 11) is 0. The normalized spacial score (nSPS) is 12.0. The number of fused-ring (bicyclic) bond motifs is 1. The second kappa shape index (κ2) is 7.95. The van der Waals surface area contributed by atoms with Gasteiger partial charge in [-0.15, -0.1) is 0 Å². The average molecular weight is 362 g/mol. The molecule has 0 radical (unpaired) electrons. The molecular weight excluding hydrogens is 340 g/mol. The Labute approximate surface area is 158 Å². The second-order valence-corrected chi connectivity index (χ2v) is 6.43. The highest BCUT2D eigenvalue weighted by Crippen LogP contribution is 2.35. The van der Waals surface area contributed by atoms with Gasteiger partial charge in [-0.3, -0.25) is 0 Å². The Morgan fingerprint density at radius 1 is 0.963 bits per heavy atom. The van der Waals surface area contributed by atoms with Gasteiger partial charge in [0.05, 0.1) is 0 Å². The summed E-state index contributed by atoms with van der Waals surface area (Å²) in [5.41, 5.74) is 3.14. The van der Waals surface area contributed by atoms with E-state index in [-0.39, 0.29) is 6.79 Å². The summed E-state index contributed by atoms with van der Waals surface area (Å²) in [6.07, 6.45) is 2.05. The third kappa shape index (κ3) is 4.47. The SMILES string of the molecule is Cc1cc(Nc2ccc3c(c2)OCO3)nc(NCCCc2ccccc2)n1. The third-order valence-electron chi connectivity index (χ3n) is 4.27. The number of nitrogens with one attached hydrogen (secondary N) is 2. The summed E-state index contributed by atoms with van der Waals surface area (Å²) in [4.78, 5) is 9.03. The van der Waals surface area contributed by atoms with Crippen LogP contribution in [0, 0.1) is 6.92 Å². The van der Waals surface area contributed by atoms with Crippen LogP contribution < -0.4 is 20.1 Å². The van der Waals surface area contributed by atoms with Crippen molar-refractivity contribution < 1.29 is 9.47 Å². The maximum Gasteiger partial charge on any atom is 0.231 e. The molecule has 0 fully saturated rings. The molecule has 1 aromatic heterocycles. The smallest absolute Gasteiger partial charge is 0.231 e. The number of nitrogens with zero attached hydrogens (tertiary/aromatic N) is 2. The minimum absolute atomic E-state index is 0.266. The number of anilines is 3. The molecule has 0 atom stereocenters. The highest BCUT2D eigenvalue weighted by atomic mass is 16.7. The molecule has 1 aliphatic heterocycles. The van der Waals surface area contributed by atoms with Gasteiger partial charge in [0.25, 0.3) is 0 Å². The standard InChI is InChI=1S/C21H22N4O2/c1-15-12-20(24-17-9-10-18-19(13-17)27-14-26-18)25-21(23-15)22-11-5-8-16-6-3-2-4-7-16/h2-4,6-7,9-10,12-13H,5,8,11,14H2,1H3,(H2,22,23,24,25). The van der Waals surface area contributed by atoms with Gasteiger partial charge in [0.2, 0.25) is 12.7 Å². The fourth-order valence-corrected chi connectivity index (χ4v) is 2.97. The van der Waals surface area contributed by atoms with Crippen molar-refractivity contribution in [1.82, 2.24) is 9.97 Å². The van der Waals surface area contributed by atoms with Crippen LogP contribution in [0.15, 0.2) is 54.6 Å². The van der Waals surface area contributed by atoms with E-state index in [2.05, 4.69) is 44.9 Å². The number of aryl methyl sites for hydroxylation is 2. The van der Waals surface area contributed by atoms with E-state index in [0.717, 1.165) is 48.1 Å². The minimum Gasteiger partial charge on any atom is -0.454 e. The Morgan fingerprint density at radius 2 is 1.81 bits per heavy atom. The van der Waals surface area contributed by atoms with Crippen molar-refractivity contribution in [1.29, 1.82) is 0 Å². The molecular formula is C21H22N4O2. The van der Waals surface area contributed by atoms with Crippen molar-refractivity contribution in [3.8, 4) is 11.5 Å². The molecule has 0 saturated heterocycles. The Kier molecular flexibility index (Phi) is 5.05. The number of benzene rings is 2. The van der Waals surface area contributed by atoms with Crippen molar-refractivity contribution in [2.45, 2.75) is 19.8 Å². The third-order valence-corrected chi connectivity index (χ3v) is 4.27. The van der Waals surface area contributed by atoms with E-state index in [4.69, 9.17) is 9.47 Å². The lowest BCUT2D eigenvalue weighted by Crippen LogP contribution is -2.08. The molecule has 27 heavy (non-hydrogen) atoms. The van der Waals surface area contributed by atoms with E-state index >= 15 is 0 Å². The zero-order chi connectivity index (χ0) is 18.5. The zero-order valence-corrected chi connectivity index (χ0v) is 15.2. The monoisotopic (exact) mass is 362 g/mol. The van der Waals surface area contributed by atoms with Crippen molar-refractivity contribution >= 4 is 17.5 Å². The summed E-state index contributed by atoms with van der Waals surface area (Å²) in [6.45, 7) is 3.05. The van der Waals surface area contributed by atoms with Gasteiger partial charge in [0, 0.05) is 30.1 Å². The van der Waals surface area contributed by atoms with Crippen LogP contribution in [0.5, 0.6) is 11.5 Å². The van der Waals surface area contributed by atoms with Gasteiger partial charge >= 0.3 is 0 Å². The molecule has 0 saturated carbocycles. The van der Waals surface area contributed by atoms with E-state index < -0.39 is 0 Å². The first-order valence-electron chi connectivity index (χ1n) is 9.06. The largest absolute Gasteiger partial charge is 0.454 e. The Hall–Kier alpha value is -3.28. The van der Waals surface area contributed by atoms with Gasteiger partial charge in [-0.1, -0.05) is 30.3 Å². The van der Waals surface area contributed by atoms with Crippen LogP contribution in [-0.4, -0.2) is 23.3 Å². The maximum absolute atomic E-state index is 5.42. The lowest BCUT2D eigenvalue weighted by atomic mass is 10.1. The predicted octanol–water partition coefficient (Wildman–Crippen LogP) is 4.30. The average Bonchev–Trinajstić information content (AvgIpc) is 3.13. The van der Waals surface area contributed by atoms with Crippen LogP contribution >= 0.6 is 0 Å². The molecule has 6 heteroatoms. The number of ether oxygens (including phenoxy) is 2. The molecule has 0 aliphatic carbocycles. The number of rotatable bonds is 7. The van der Waals surface area contributed by atoms with Gasteiger partial charge in [-0.05, 0) is 37.5 Å². The molecule has 6 nitrogen and oxygen atoms in total.